The summed E-state index contributed by atoms with van der Waals surface area (Å²) in [7, 11) is 0. The Labute approximate surface area is 124 Å². The Kier molecular flexibility index (Phi) is 5.86. The Morgan fingerprint density at radius 2 is 2.30 bits per heavy atom. The molecule has 0 saturated heterocycles. The van der Waals surface area contributed by atoms with Crippen LogP contribution in [0.25, 0.3) is 0 Å². The van der Waals surface area contributed by atoms with Gasteiger partial charge in [0, 0.05) is 24.6 Å². The molecule has 1 aliphatic rings. The van der Waals surface area contributed by atoms with Crippen molar-refractivity contribution in [1.29, 1.82) is 0 Å². The minimum atomic E-state index is -0.113. The molecule has 3 N–H and O–H groups in total. The van der Waals surface area contributed by atoms with Crippen molar-refractivity contribution >= 4 is 17.4 Å². The Morgan fingerprint density at radius 3 is 3.00 bits per heavy atom. The van der Waals surface area contributed by atoms with Gasteiger partial charge in [-0.1, -0.05) is 12.8 Å². The molecule has 0 bridgehead atoms. The van der Waals surface area contributed by atoms with Crippen LogP contribution in [0.15, 0.2) is 16.8 Å². The summed E-state index contributed by atoms with van der Waals surface area (Å²) in [5.41, 5.74) is 1.26. The van der Waals surface area contributed by atoms with Crippen LogP contribution < -0.4 is 10.6 Å². The molecule has 1 aliphatic carbocycles. The third-order valence-corrected chi connectivity index (χ3v) is 4.69. The number of nitrogens with one attached hydrogen (secondary N) is 2. The average molecular weight is 296 g/mol. The van der Waals surface area contributed by atoms with Crippen molar-refractivity contribution in [2.24, 2.45) is 5.92 Å². The number of hydrogen-bond donors (Lipinski definition) is 3. The van der Waals surface area contributed by atoms with E-state index in [1.165, 1.54) is 5.56 Å². The summed E-state index contributed by atoms with van der Waals surface area (Å²) in [6, 6.07) is 2.20. The molecule has 1 saturated carbocycles. The second-order valence-electron chi connectivity index (χ2n) is 5.69. The first-order valence-electron chi connectivity index (χ1n) is 7.38. The van der Waals surface area contributed by atoms with E-state index in [4.69, 9.17) is 0 Å². The number of rotatable bonds is 5. The van der Waals surface area contributed by atoms with Crippen LogP contribution in [-0.4, -0.2) is 29.8 Å². The van der Waals surface area contributed by atoms with Crippen LogP contribution in [0.3, 0.4) is 0 Å². The number of aliphatic hydroxyl groups excluding tert-OH is 1. The molecule has 0 spiro atoms. The lowest BCUT2D eigenvalue weighted by atomic mass is 9.85. The van der Waals surface area contributed by atoms with Crippen molar-refractivity contribution in [1.82, 2.24) is 10.6 Å². The van der Waals surface area contributed by atoms with Crippen molar-refractivity contribution in [2.45, 2.75) is 51.1 Å². The van der Waals surface area contributed by atoms with Gasteiger partial charge < -0.3 is 15.7 Å². The molecule has 1 heterocycles. The van der Waals surface area contributed by atoms with Gasteiger partial charge in [0.1, 0.15) is 0 Å². The molecule has 0 aliphatic heterocycles. The molecule has 4 nitrogen and oxygen atoms in total. The first kappa shape index (κ1) is 15.3. The molecule has 1 aromatic heterocycles. The van der Waals surface area contributed by atoms with E-state index in [0.717, 1.165) is 32.1 Å². The van der Waals surface area contributed by atoms with Gasteiger partial charge in [-0.05, 0) is 48.6 Å². The third-order valence-electron chi connectivity index (χ3n) is 3.96. The largest absolute Gasteiger partial charge is 0.396 e. The second kappa shape index (κ2) is 7.64. The Balaban J connectivity index is 1.76. The van der Waals surface area contributed by atoms with Gasteiger partial charge in [-0.15, -0.1) is 0 Å². The highest BCUT2D eigenvalue weighted by molar-refractivity contribution is 7.07. The van der Waals surface area contributed by atoms with Crippen LogP contribution >= 0.6 is 11.3 Å². The monoisotopic (exact) mass is 296 g/mol. The van der Waals surface area contributed by atoms with E-state index in [9.17, 15) is 9.90 Å². The maximum absolute atomic E-state index is 12.0. The molecule has 3 atom stereocenters. The quantitative estimate of drug-likeness (QED) is 0.782. The van der Waals surface area contributed by atoms with Crippen LogP contribution in [0.1, 0.15) is 38.2 Å². The lowest BCUT2D eigenvalue weighted by Crippen LogP contribution is -2.50. The first-order chi connectivity index (χ1) is 9.69. The van der Waals surface area contributed by atoms with Gasteiger partial charge in [-0.2, -0.15) is 11.3 Å². The lowest BCUT2D eigenvalue weighted by Gasteiger charge is -2.31. The van der Waals surface area contributed by atoms with Crippen LogP contribution in [0.2, 0.25) is 0 Å². The highest BCUT2D eigenvalue weighted by atomic mass is 32.1. The maximum atomic E-state index is 12.0. The second-order valence-corrected chi connectivity index (χ2v) is 6.47. The van der Waals surface area contributed by atoms with Crippen molar-refractivity contribution in [3.8, 4) is 0 Å². The Hall–Kier alpha value is -1.07. The highest BCUT2D eigenvalue weighted by Crippen LogP contribution is 2.23. The Morgan fingerprint density at radius 1 is 1.50 bits per heavy atom. The first-order valence-corrected chi connectivity index (χ1v) is 8.32. The highest BCUT2D eigenvalue weighted by Gasteiger charge is 2.26. The molecule has 0 radical (unpaired) electrons. The molecule has 1 fully saturated rings. The molecule has 2 amide bonds. The summed E-state index contributed by atoms with van der Waals surface area (Å²) >= 11 is 1.68. The van der Waals surface area contributed by atoms with E-state index in [-0.39, 0.29) is 30.6 Å². The van der Waals surface area contributed by atoms with Gasteiger partial charge in [0.2, 0.25) is 0 Å². The van der Waals surface area contributed by atoms with Gasteiger partial charge in [-0.25, -0.2) is 4.79 Å². The van der Waals surface area contributed by atoms with Crippen molar-refractivity contribution in [3.63, 3.8) is 0 Å². The minimum Gasteiger partial charge on any atom is -0.396 e. The molecular formula is C15H24N2O2S. The molecule has 3 unspecified atom stereocenters. The lowest BCUT2D eigenvalue weighted by molar-refractivity contribution is 0.153. The summed E-state index contributed by atoms with van der Waals surface area (Å²) < 4.78 is 0. The van der Waals surface area contributed by atoms with Gasteiger partial charge in [-0.3, -0.25) is 0 Å². The molecule has 112 valence electrons. The zero-order chi connectivity index (χ0) is 14.4. The van der Waals surface area contributed by atoms with E-state index in [1.807, 2.05) is 6.92 Å². The topological polar surface area (TPSA) is 61.4 Å². The number of urea groups is 1. The fraction of sp³-hybridized carbons (Fsp3) is 0.667. The van der Waals surface area contributed by atoms with Crippen LogP contribution in [0, 0.1) is 5.92 Å². The number of aliphatic hydroxyl groups is 1. The number of hydrogen-bond acceptors (Lipinski definition) is 3. The third kappa shape index (κ3) is 4.49. The van der Waals surface area contributed by atoms with Crippen molar-refractivity contribution in [2.75, 3.05) is 6.61 Å². The number of carbonyl (C=O) groups is 1. The summed E-state index contributed by atoms with van der Waals surface area (Å²) in [4.78, 5) is 12.0. The number of carbonyl (C=O) groups excluding carboxylic acids is 1. The molecule has 5 heteroatoms. The van der Waals surface area contributed by atoms with E-state index >= 15 is 0 Å². The van der Waals surface area contributed by atoms with Gasteiger partial charge in [0.25, 0.3) is 0 Å². The molecule has 2 rings (SSSR count). The zero-order valence-corrected chi connectivity index (χ0v) is 12.8. The van der Waals surface area contributed by atoms with Crippen molar-refractivity contribution < 1.29 is 9.90 Å². The zero-order valence-electron chi connectivity index (χ0n) is 12.0. The van der Waals surface area contributed by atoms with Gasteiger partial charge >= 0.3 is 6.03 Å². The Bertz CT molecular complexity index is 408. The minimum absolute atomic E-state index is 0.112. The van der Waals surface area contributed by atoms with Gasteiger partial charge in [0.15, 0.2) is 0 Å². The molecule has 20 heavy (non-hydrogen) atoms. The normalized spacial score (nSPS) is 24.1. The smallest absolute Gasteiger partial charge is 0.315 e. The fourth-order valence-electron chi connectivity index (χ4n) is 2.86. The van der Waals surface area contributed by atoms with Crippen LogP contribution in [-0.2, 0) is 6.42 Å². The predicted octanol–water partition coefficient (Wildman–Crippen LogP) is 2.53. The van der Waals surface area contributed by atoms with Crippen LogP contribution in [0.4, 0.5) is 4.79 Å². The summed E-state index contributed by atoms with van der Waals surface area (Å²) in [6.07, 6.45) is 5.11. The number of thiophene rings is 1. The van der Waals surface area contributed by atoms with E-state index in [0.29, 0.717) is 0 Å². The van der Waals surface area contributed by atoms with E-state index < -0.39 is 0 Å². The average Bonchev–Trinajstić information content (AvgIpc) is 2.91. The fourth-order valence-corrected chi connectivity index (χ4v) is 3.54. The summed E-state index contributed by atoms with van der Waals surface area (Å²) in [5, 5.41) is 19.5. The maximum Gasteiger partial charge on any atom is 0.315 e. The SMILES string of the molecule is CC(Cc1ccsc1)NC(=O)NC1CCCCC1CO. The van der Waals surface area contributed by atoms with Crippen molar-refractivity contribution in [3.05, 3.63) is 22.4 Å². The molecule has 0 aromatic carbocycles. The van der Waals surface area contributed by atoms with Gasteiger partial charge in [0.05, 0.1) is 0 Å². The molecular weight excluding hydrogens is 272 g/mol. The molecule has 1 aromatic rings. The predicted molar refractivity (Wildman–Crippen MR) is 82.0 cm³/mol. The van der Waals surface area contributed by atoms with Crippen LogP contribution in [0.5, 0.6) is 0 Å². The van der Waals surface area contributed by atoms with E-state index in [2.05, 4.69) is 27.5 Å². The summed E-state index contributed by atoms with van der Waals surface area (Å²) in [6.45, 7) is 2.18. The summed E-state index contributed by atoms with van der Waals surface area (Å²) in [5.74, 6) is 0.210. The standard InChI is InChI=1S/C15H24N2O2S/c1-11(8-12-6-7-20-10-12)16-15(19)17-14-5-3-2-4-13(14)9-18/h6-7,10-11,13-14,18H,2-5,8-9H2,1H3,(H2,16,17,19). The number of amides is 2. The van der Waals surface area contributed by atoms with E-state index in [1.54, 1.807) is 11.3 Å².